The molecule has 2 aliphatic rings. The topological polar surface area (TPSA) is 32.3 Å². The first-order chi connectivity index (χ1) is 13.2. The van der Waals surface area contributed by atoms with Crippen LogP contribution in [0.1, 0.15) is 44.1 Å². The summed E-state index contributed by atoms with van der Waals surface area (Å²) in [6.45, 7) is 6.40. The number of fused-ring (bicyclic) bond motifs is 2. The van der Waals surface area contributed by atoms with Crippen molar-refractivity contribution >= 4 is 22.8 Å². The van der Waals surface area contributed by atoms with Gasteiger partial charge in [0.2, 0.25) is 0 Å². The molecule has 0 atom stereocenters. The normalized spacial score (nSPS) is 17.1. The molecule has 1 fully saturated rings. The molecule has 0 saturated carbocycles. The van der Waals surface area contributed by atoms with E-state index >= 15 is 0 Å². The first kappa shape index (κ1) is 18.2. The van der Waals surface area contributed by atoms with Crippen LogP contribution in [0.25, 0.3) is 5.57 Å². The second-order valence-corrected chi connectivity index (χ2v) is 8.52. The number of rotatable bonds is 3. The van der Waals surface area contributed by atoms with Crippen molar-refractivity contribution in [2.45, 2.75) is 25.7 Å². The summed E-state index contributed by atoms with van der Waals surface area (Å²) in [7, 11) is 2.19. The maximum Gasteiger partial charge on any atom is 0.261 e. The lowest BCUT2D eigenvalue weighted by Crippen LogP contribution is -2.27. The predicted octanol–water partition coefficient (Wildman–Crippen LogP) is 4.29. The quantitative estimate of drug-likeness (QED) is 0.808. The van der Waals surface area contributed by atoms with Crippen LogP contribution >= 0.6 is 11.3 Å². The van der Waals surface area contributed by atoms with Crippen molar-refractivity contribution in [3.8, 4) is 0 Å². The molecule has 0 bridgehead atoms. The van der Waals surface area contributed by atoms with E-state index in [1.54, 1.807) is 23.0 Å². The molecule has 1 amide bonds. The zero-order chi connectivity index (χ0) is 18.8. The van der Waals surface area contributed by atoms with Gasteiger partial charge in [-0.25, -0.2) is 0 Å². The molecule has 1 aromatic carbocycles. The molecule has 4 heteroatoms. The Labute approximate surface area is 165 Å². The monoisotopic (exact) mass is 378 g/mol. The van der Waals surface area contributed by atoms with E-state index in [0.717, 1.165) is 43.6 Å². The fraction of sp³-hybridized carbons (Fsp3) is 0.348. The molecule has 2 aromatic rings. The van der Waals surface area contributed by atoms with E-state index < -0.39 is 0 Å². The van der Waals surface area contributed by atoms with Crippen molar-refractivity contribution in [3.63, 3.8) is 0 Å². The second-order valence-electron chi connectivity index (χ2n) is 7.39. The van der Waals surface area contributed by atoms with Gasteiger partial charge in [0.05, 0.1) is 4.88 Å². The number of thiophene rings is 1. The van der Waals surface area contributed by atoms with Gasteiger partial charge >= 0.3 is 0 Å². The molecule has 1 aromatic heterocycles. The van der Waals surface area contributed by atoms with Crippen molar-refractivity contribution in [3.05, 3.63) is 75.0 Å². The highest BCUT2D eigenvalue weighted by Crippen LogP contribution is 2.41. The molecule has 2 heterocycles. The average molecular weight is 379 g/mol. The van der Waals surface area contributed by atoms with Gasteiger partial charge in [-0.1, -0.05) is 35.9 Å². The third kappa shape index (κ3) is 3.64. The molecule has 1 aliphatic carbocycles. The minimum absolute atomic E-state index is 0.00832. The Morgan fingerprint density at radius 1 is 1.19 bits per heavy atom. The lowest BCUT2D eigenvalue weighted by Gasteiger charge is -2.27. The van der Waals surface area contributed by atoms with Crippen LogP contribution in [0.2, 0.25) is 0 Å². The van der Waals surface area contributed by atoms with Gasteiger partial charge < -0.3 is 10.2 Å². The van der Waals surface area contributed by atoms with Crippen molar-refractivity contribution in [2.24, 2.45) is 0 Å². The molecule has 4 rings (SSSR count). The third-order valence-corrected chi connectivity index (χ3v) is 6.75. The van der Waals surface area contributed by atoms with Crippen molar-refractivity contribution in [1.82, 2.24) is 10.2 Å². The minimum atomic E-state index is 0.00832. The fourth-order valence-corrected chi connectivity index (χ4v) is 5.17. The number of amides is 1. The van der Waals surface area contributed by atoms with Crippen LogP contribution in [0.15, 0.2) is 48.6 Å². The van der Waals surface area contributed by atoms with Gasteiger partial charge in [-0.15, -0.1) is 17.9 Å². The van der Waals surface area contributed by atoms with Crippen molar-refractivity contribution in [1.29, 1.82) is 0 Å². The highest BCUT2D eigenvalue weighted by Gasteiger charge is 2.26. The van der Waals surface area contributed by atoms with Gasteiger partial charge in [0.15, 0.2) is 0 Å². The summed E-state index contributed by atoms with van der Waals surface area (Å²) in [5, 5.41) is 2.92. The molecule has 0 unspecified atom stereocenters. The molecule has 1 N–H and O–H groups in total. The standard InChI is InChI=1S/C23H26N2OS/c1-3-12-24-23(26)21-15-19-20(27-21)9-8-16-6-4-5-7-18(16)22(19)17-10-13-25(2)14-11-17/h3-7,15H,1,8-14H2,2H3,(H,24,26). The number of hydrogen-bond acceptors (Lipinski definition) is 3. The molecule has 140 valence electrons. The number of aryl methyl sites for hydroxylation is 2. The third-order valence-electron chi connectivity index (χ3n) is 5.56. The van der Waals surface area contributed by atoms with Crippen molar-refractivity contribution in [2.75, 3.05) is 26.7 Å². The molecule has 0 spiro atoms. The molecule has 1 saturated heterocycles. The number of nitrogens with one attached hydrogen (secondary N) is 1. The SMILES string of the molecule is C=CCNC(=O)c1cc2c(s1)CCc1ccccc1C2=C1CCN(C)CC1. The Morgan fingerprint density at radius 3 is 2.74 bits per heavy atom. The average Bonchev–Trinajstić information content (AvgIpc) is 3.04. The Hall–Kier alpha value is -2.17. The molecule has 27 heavy (non-hydrogen) atoms. The maximum absolute atomic E-state index is 12.5. The van der Waals surface area contributed by atoms with E-state index in [0.29, 0.717) is 6.54 Å². The summed E-state index contributed by atoms with van der Waals surface area (Å²) in [6, 6.07) is 10.9. The number of piperidine rings is 1. The van der Waals surface area contributed by atoms with Crippen LogP contribution in [0, 0.1) is 0 Å². The van der Waals surface area contributed by atoms with Gasteiger partial charge in [0.1, 0.15) is 0 Å². The summed E-state index contributed by atoms with van der Waals surface area (Å²) in [4.78, 5) is 17.1. The number of likely N-dealkylation sites (tertiary alicyclic amines) is 1. The van der Waals surface area contributed by atoms with Gasteiger partial charge in [-0.05, 0) is 61.1 Å². The summed E-state index contributed by atoms with van der Waals surface area (Å²) < 4.78 is 0. The van der Waals surface area contributed by atoms with Gasteiger partial charge in [-0.3, -0.25) is 4.79 Å². The Kier molecular flexibility index (Phi) is 5.28. The van der Waals surface area contributed by atoms with Gasteiger partial charge in [0, 0.05) is 24.5 Å². The number of benzene rings is 1. The van der Waals surface area contributed by atoms with Crippen LogP contribution in [-0.4, -0.2) is 37.5 Å². The van der Waals surface area contributed by atoms with Crippen LogP contribution in [0.4, 0.5) is 0 Å². The zero-order valence-electron chi connectivity index (χ0n) is 15.9. The Bertz CT molecular complexity index is 899. The minimum Gasteiger partial charge on any atom is -0.348 e. The van der Waals surface area contributed by atoms with Crippen LogP contribution in [0.5, 0.6) is 0 Å². The van der Waals surface area contributed by atoms with E-state index in [-0.39, 0.29) is 5.91 Å². The lowest BCUT2D eigenvalue weighted by molar-refractivity contribution is 0.0962. The second kappa shape index (κ2) is 7.83. The molecule has 3 nitrogen and oxygen atoms in total. The fourth-order valence-electron chi connectivity index (χ4n) is 4.08. The number of carbonyl (C=O) groups excluding carboxylic acids is 1. The molecular weight excluding hydrogens is 352 g/mol. The highest BCUT2D eigenvalue weighted by atomic mass is 32.1. The molecule has 0 radical (unpaired) electrons. The molecule has 1 aliphatic heterocycles. The maximum atomic E-state index is 12.5. The first-order valence-corrected chi connectivity index (χ1v) is 10.5. The van der Waals surface area contributed by atoms with E-state index in [1.165, 1.54) is 27.1 Å². The zero-order valence-corrected chi connectivity index (χ0v) is 16.7. The lowest BCUT2D eigenvalue weighted by atomic mass is 9.87. The number of carbonyl (C=O) groups is 1. The van der Waals surface area contributed by atoms with E-state index in [1.807, 2.05) is 0 Å². The summed E-state index contributed by atoms with van der Waals surface area (Å²) in [5.41, 5.74) is 7.02. The number of nitrogens with zero attached hydrogens (tertiary/aromatic N) is 1. The van der Waals surface area contributed by atoms with Crippen molar-refractivity contribution < 1.29 is 4.79 Å². The van der Waals surface area contributed by atoms with Gasteiger partial charge in [0.25, 0.3) is 5.91 Å². The van der Waals surface area contributed by atoms with E-state index in [2.05, 4.69) is 54.2 Å². The Morgan fingerprint density at radius 2 is 1.96 bits per heavy atom. The van der Waals surface area contributed by atoms with Crippen LogP contribution in [-0.2, 0) is 12.8 Å². The summed E-state index contributed by atoms with van der Waals surface area (Å²) in [6.07, 6.45) is 5.97. The largest absolute Gasteiger partial charge is 0.348 e. The van der Waals surface area contributed by atoms with Crippen LogP contribution in [0.3, 0.4) is 0 Å². The Balaban J connectivity index is 1.82. The van der Waals surface area contributed by atoms with E-state index in [4.69, 9.17) is 0 Å². The highest BCUT2D eigenvalue weighted by molar-refractivity contribution is 7.14. The van der Waals surface area contributed by atoms with E-state index in [9.17, 15) is 4.79 Å². The smallest absolute Gasteiger partial charge is 0.261 e. The number of hydrogen-bond donors (Lipinski definition) is 1. The van der Waals surface area contributed by atoms with Crippen LogP contribution < -0.4 is 5.32 Å². The molecular formula is C23H26N2OS. The first-order valence-electron chi connectivity index (χ1n) is 9.68. The summed E-state index contributed by atoms with van der Waals surface area (Å²) in [5.74, 6) is 0.00832. The van der Waals surface area contributed by atoms with Gasteiger partial charge in [-0.2, -0.15) is 0 Å². The summed E-state index contributed by atoms with van der Waals surface area (Å²) >= 11 is 1.66. The predicted molar refractivity (Wildman–Crippen MR) is 113 cm³/mol.